The van der Waals surface area contributed by atoms with E-state index in [0.29, 0.717) is 0 Å². The quantitative estimate of drug-likeness (QED) is 0.480. The molecule has 2 aromatic heterocycles. The molecule has 20 heavy (non-hydrogen) atoms. The molecule has 0 aliphatic carbocycles. The molecule has 0 atom stereocenters. The topological polar surface area (TPSA) is 38.6 Å². The summed E-state index contributed by atoms with van der Waals surface area (Å²) in [6.07, 6.45) is 3.33. The van der Waals surface area contributed by atoms with E-state index in [4.69, 9.17) is 8.83 Å². The van der Waals surface area contributed by atoms with Crippen LogP contribution in [-0.2, 0) is 0 Å². The van der Waals surface area contributed by atoms with Crippen molar-refractivity contribution in [2.75, 3.05) is 0 Å². The van der Waals surface area contributed by atoms with Crippen LogP contribution in [0.15, 0.2) is 74.7 Å². The largest absolute Gasteiger partial charge is 0.463 e. The standard InChI is InChI=1S/C17H11NO2/c1-2-6-16-14(5-1)15-8-7-12(10-17(15)20-16)18-11-13-4-3-9-19-13/h1-11H. The van der Waals surface area contributed by atoms with Gasteiger partial charge in [0.1, 0.15) is 16.9 Å². The number of hydrogen-bond donors (Lipinski definition) is 0. The smallest absolute Gasteiger partial charge is 0.144 e. The van der Waals surface area contributed by atoms with E-state index in [-0.39, 0.29) is 0 Å². The van der Waals surface area contributed by atoms with Crippen LogP contribution in [0.4, 0.5) is 5.69 Å². The Hall–Kier alpha value is -2.81. The predicted molar refractivity (Wildman–Crippen MR) is 79.7 cm³/mol. The molecule has 4 rings (SSSR count). The lowest BCUT2D eigenvalue weighted by Gasteiger charge is -1.93. The zero-order valence-corrected chi connectivity index (χ0v) is 10.6. The van der Waals surface area contributed by atoms with E-state index in [1.165, 1.54) is 0 Å². The first-order valence-corrected chi connectivity index (χ1v) is 6.39. The Balaban J connectivity index is 1.80. The Morgan fingerprint density at radius 3 is 2.65 bits per heavy atom. The minimum absolute atomic E-state index is 0.731. The molecule has 2 heterocycles. The summed E-state index contributed by atoms with van der Waals surface area (Å²) in [7, 11) is 0. The van der Waals surface area contributed by atoms with Crippen LogP contribution < -0.4 is 0 Å². The first kappa shape index (κ1) is 11.1. The molecular weight excluding hydrogens is 250 g/mol. The van der Waals surface area contributed by atoms with Crippen LogP contribution in [-0.4, -0.2) is 6.21 Å². The highest BCUT2D eigenvalue weighted by Crippen LogP contribution is 2.30. The Labute approximate surface area is 115 Å². The zero-order valence-electron chi connectivity index (χ0n) is 10.6. The van der Waals surface area contributed by atoms with Gasteiger partial charge < -0.3 is 8.83 Å². The van der Waals surface area contributed by atoms with Gasteiger partial charge in [-0.1, -0.05) is 18.2 Å². The van der Waals surface area contributed by atoms with E-state index in [2.05, 4.69) is 11.1 Å². The Morgan fingerprint density at radius 2 is 1.75 bits per heavy atom. The summed E-state index contributed by atoms with van der Waals surface area (Å²) in [4.78, 5) is 4.39. The zero-order chi connectivity index (χ0) is 13.4. The van der Waals surface area contributed by atoms with Crippen molar-refractivity contribution in [3.63, 3.8) is 0 Å². The molecular formula is C17H11NO2. The van der Waals surface area contributed by atoms with Crippen molar-refractivity contribution in [1.29, 1.82) is 0 Å². The highest BCUT2D eigenvalue weighted by atomic mass is 16.3. The van der Waals surface area contributed by atoms with Gasteiger partial charge in [0.15, 0.2) is 0 Å². The predicted octanol–water partition coefficient (Wildman–Crippen LogP) is 4.93. The molecule has 0 amide bonds. The normalized spacial score (nSPS) is 11.8. The van der Waals surface area contributed by atoms with Gasteiger partial charge in [-0.25, -0.2) is 0 Å². The maximum Gasteiger partial charge on any atom is 0.144 e. The van der Waals surface area contributed by atoms with Crippen molar-refractivity contribution in [1.82, 2.24) is 0 Å². The molecule has 0 fully saturated rings. The average Bonchev–Trinajstić information content (AvgIpc) is 3.12. The highest BCUT2D eigenvalue weighted by Gasteiger charge is 2.06. The molecule has 96 valence electrons. The average molecular weight is 261 g/mol. The molecule has 4 aromatic rings. The summed E-state index contributed by atoms with van der Waals surface area (Å²) in [5, 5.41) is 2.24. The van der Waals surface area contributed by atoms with Gasteiger partial charge in [0.05, 0.1) is 18.2 Å². The summed E-state index contributed by atoms with van der Waals surface area (Å²) >= 11 is 0. The fraction of sp³-hybridized carbons (Fsp3) is 0. The number of furan rings is 2. The van der Waals surface area contributed by atoms with Crippen molar-refractivity contribution >= 4 is 33.8 Å². The summed E-state index contributed by atoms with van der Waals surface area (Å²) in [6.45, 7) is 0. The van der Waals surface area contributed by atoms with Crippen molar-refractivity contribution in [3.05, 3.63) is 66.6 Å². The van der Waals surface area contributed by atoms with E-state index < -0.39 is 0 Å². The van der Waals surface area contributed by atoms with Crippen molar-refractivity contribution in [3.8, 4) is 0 Å². The monoisotopic (exact) mass is 261 g/mol. The number of fused-ring (bicyclic) bond motifs is 3. The van der Waals surface area contributed by atoms with E-state index in [9.17, 15) is 0 Å². The van der Waals surface area contributed by atoms with Gasteiger partial charge >= 0.3 is 0 Å². The van der Waals surface area contributed by atoms with E-state index in [0.717, 1.165) is 33.4 Å². The Bertz CT molecular complexity index is 901. The number of nitrogens with zero attached hydrogens (tertiary/aromatic N) is 1. The fourth-order valence-electron chi connectivity index (χ4n) is 2.30. The Morgan fingerprint density at radius 1 is 0.850 bits per heavy atom. The first-order chi connectivity index (χ1) is 9.90. The summed E-state index contributed by atoms with van der Waals surface area (Å²) in [6, 6.07) is 17.7. The van der Waals surface area contributed by atoms with Crippen LogP contribution in [0.5, 0.6) is 0 Å². The second kappa shape index (κ2) is 4.38. The van der Waals surface area contributed by atoms with Gasteiger partial charge in [-0.3, -0.25) is 4.99 Å². The summed E-state index contributed by atoms with van der Waals surface area (Å²) < 4.78 is 11.1. The molecule has 0 N–H and O–H groups in total. The van der Waals surface area contributed by atoms with Crippen LogP contribution in [0, 0.1) is 0 Å². The van der Waals surface area contributed by atoms with Crippen LogP contribution in [0.25, 0.3) is 21.9 Å². The lowest BCUT2D eigenvalue weighted by molar-refractivity contribution is 0.560. The molecule has 0 unspecified atom stereocenters. The molecule has 0 bridgehead atoms. The Kier molecular flexibility index (Phi) is 2.42. The van der Waals surface area contributed by atoms with Gasteiger partial charge in [0.25, 0.3) is 0 Å². The number of aliphatic imine (C=N–C) groups is 1. The van der Waals surface area contributed by atoms with Crippen LogP contribution >= 0.6 is 0 Å². The third kappa shape index (κ3) is 1.80. The maximum atomic E-state index is 5.83. The first-order valence-electron chi connectivity index (χ1n) is 6.39. The molecule has 0 radical (unpaired) electrons. The van der Waals surface area contributed by atoms with Gasteiger partial charge in [-0.15, -0.1) is 0 Å². The van der Waals surface area contributed by atoms with Gasteiger partial charge in [0, 0.05) is 16.8 Å². The van der Waals surface area contributed by atoms with Crippen molar-refractivity contribution < 1.29 is 8.83 Å². The third-order valence-electron chi connectivity index (χ3n) is 3.25. The molecule has 3 heteroatoms. The number of hydrogen-bond acceptors (Lipinski definition) is 3. The molecule has 0 saturated carbocycles. The molecule has 0 saturated heterocycles. The SMILES string of the molecule is C(=Nc1ccc2c(c1)oc1ccccc12)c1ccco1. The fourth-order valence-corrected chi connectivity index (χ4v) is 2.30. The minimum atomic E-state index is 0.731. The van der Waals surface area contributed by atoms with E-state index >= 15 is 0 Å². The second-order valence-electron chi connectivity index (χ2n) is 4.55. The minimum Gasteiger partial charge on any atom is -0.463 e. The van der Waals surface area contributed by atoms with Crippen LogP contribution in [0.1, 0.15) is 5.76 Å². The number of rotatable bonds is 2. The van der Waals surface area contributed by atoms with Crippen LogP contribution in [0.3, 0.4) is 0 Å². The third-order valence-corrected chi connectivity index (χ3v) is 3.25. The van der Waals surface area contributed by atoms with Gasteiger partial charge in [-0.05, 0) is 30.3 Å². The van der Waals surface area contributed by atoms with Gasteiger partial charge in [0.2, 0.25) is 0 Å². The lowest BCUT2D eigenvalue weighted by Crippen LogP contribution is -1.73. The summed E-state index contributed by atoms with van der Waals surface area (Å²) in [5.41, 5.74) is 2.59. The molecule has 3 nitrogen and oxygen atoms in total. The maximum absolute atomic E-state index is 5.83. The van der Waals surface area contributed by atoms with Crippen molar-refractivity contribution in [2.45, 2.75) is 0 Å². The van der Waals surface area contributed by atoms with Gasteiger partial charge in [-0.2, -0.15) is 0 Å². The molecule has 0 spiro atoms. The van der Waals surface area contributed by atoms with Crippen LogP contribution in [0.2, 0.25) is 0 Å². The molecule has 2 aromatic carbocycles. The lowest BCUT2D eigenvalue weighted by atomic mass is 10.1. The van der Waals surface area contributed by atoms with E-state index in [1.807, 2.05) is 48.5 Å². The van der Waals surface area contributed by atoms with Crippen molar-refractivity contribution in [2.24, 2.45) is 4.99 Å². The highest BCUT2D eigenvalue weighted by molar-refractivity contribution is 6.05. The summed E-state index contributed by atoms with van der Waals surface area (Å²) in [5.74, 6) is 0.731. The van der Waals surface area contributed by atoms with E-state index in [1.54, 1.807) is 12.5 Å². The number of benzene rings is 2. The number of para-hydroxylation sites is 1. The molecule has 0 aliphatic heterocycles. The molecule has 0 aliphatic rings. The second-order valence-corrected chi connectivity index (χ2v) is 4.55.